The molecule has 1 N–H and O–H groups in total. The number of halogens is 3. The molecule has 21 heavy (non-hydrogen) atoms. The summed E-state index contributed by atoms with van der Waals surface area (Å²) in [5.74, 6) is -0.466. The van der Waals surface area contributed by atoms with Gasteiger partial charge in [0.05, 0.1) is 13.2 Å². The zero-order valence-electron chi connectivity index (χ0n) is 11.3. The van der Waals surface area contributed by atoms with Crippen LogP contribution in [0.1, 0.15) is 31.4 Å². The van der Waals surface area contributed by atoms with E-state index in [2.05, 4.69) is 15.3 Å². The fourth-order valence-corrected chi connectivity index (χ4v) is 2.76. The van der Waals surface area contributed by atoms with Crippen molar-refractivity contribution < 1.29 is 22.6 Å². The van der Waals surface area contributed by atoms with Crippen molar-refractivity contribution in [1.82, 2.24) is 9.97 Å². The van der Waals surface area contributed by atoms with E-state index in [1.54, 1.807) is 0 Å². The Hall–Kier alpha value is -1.41. The minimum atomic E-state index is -4.46. The Morgan fingerprint density at radius 3 is 2.48 bits per heavy atom. The average Bonchev–Trinajstić information content (AvgIpc) is 2.90. The van der Waals surface area contributed by atoms with Crippen molar-refractivity contribution in [2.75, 3.05) is 18.5 Å². The summed E-state index contributed by atoms with van der Waals surface area (Å²) in [5, 5.41) is 2.97. The lowest BCUT2D eigenvalue weighted by Crippen LogP contribution is -2.39. The van der Waals surface area contributed by atoms with Crippen molar-refractivity contribution >= 4 is 5.95 Å². The van der Waals surface area contributed by atoms with E-state index < -0.39 is 17.7 Å². The molecule has 0 aromatic carbocycles. The van der Waals surface area contributed by atoms with Crippen molar-refractivity contribution in [2.24, 2.45) is 0 Å². The number of aromatic nitrogens is 2. The molecular weight excluding hydrogens is 287 g/mol. The van der Waals surface area contributed by atoms with Gasteiger partial charge in [-0.25, -0.2) is 9.97 Å². The molecule has 0 bridgehead atoms. The van der Waals surface area contributed by atoms with Crippen molar-refractivity contribution in [1.29, 1.82) is 0 Å². The first kappa shape index (κ1) is 14.5. The highest BCUT2D eigenvalue weighted by Crippen LogP contribution is 2.36. The maximum Gasteiger partial charge on any atom is 0.433 e. The molecule has 0 unspecified atom stereocenters. The number of hydrogen-bond donors (Lipinski definition) is 1. The van der Waals surface area contributed by atoms with Crippen molar-refractivity contribution in [3.63, 3.8) is 0 Å². The monoisotopic (exact) mass is 303 g/mol. The Balaban J connectivity index is 1.60. The van der Waals surface area contributed by atoms with Crippen LogP contribution < -0.4 is 5.32 Å². The second-order valence-corrected chi connectivity index (χ2v) is 5.29. The molecule has 0 atom stereocenters. The molecule has 2 fully saturated rings. The summed E-state index contributed by atoms with van der Waals surface area (Å²) in [7, 11) is 0. The summed E-state index contributed by atoms with van der Waals surface area (Å²) in [4.78, 5) is 7.37. The fraction of sp³-hybridized carbons (Fsp3) is 0.692. The van der Waals surface area contributed by atoms with Crippen molar-refractivity contribution in [2.45, 2.75) is 43.7 Å². The Morgan fingerprint density at radius 2 is 1.86 bits per heavy atom. The molecule has 3 rings (SSSR count). The highest BCUT2D eigenvalue weighted by atomic mass is 19.4. The van der Waals surface area contributed by atoms with Gasteiger partial charge in [0, 0.05) is 25.1 Å². The van der Waals surface area contributed by atoms with E-state index in [0.29, 0.717) is 13.2 Å². The van der Waals surface area contributed by atoms with Crippen molar-refractivity contribution in [3.05, 3.63) is 18.0 Å². The first-order valence-electron chi connectivity index (χ1n) is 6.92. The SMILES string of the molecule is FC(F)(F)c1ccnc(NC2CCC3(CC2)OCCO3)n1. The number of nitrogens with one attached hydrogen (secondary N) is 1. The molecule has 2 heterocycles. The molecule has 8 heteroatoms. The summed E-state index contributed by atoms with van der Waals surface area (Å²) in [6.07, 6.45) is -0.389. The third-order valence-electron chi connectivity index (χ3n) is 3.84. The predicted octanol–water partition coefficient (Wildman–Crippen LogP) is 2.59. The van der Waals surface area contributed by atoms with Crippen LogP contribution in [0.4, 0.5) is 19.1 Å². The van der Waals surface area contributed by atoms with E-state index in [4.69, 9.17) is 9.47 Å². The zero-order valence-corrected chi connectivity index (χ0v) is 11.3. The Kier molecular flexibility index (Phi) is 3.75. The van der Waals surface area contributed by atoms with Crippen LogP contribution in [-0.4, -0.2) is 35.0 Å². The van der Waals surface area contributed by atoms with Crippen LogP contribution in [0.3, 0.4) is 0 Å². The molecule has 1 aliphatic carbocycles. The van der Waals surface area contributed by atoms with Crippen LogP contribution >= 0.6 is 0 Å². The van der Waals surface area contributed by atoms with Gasteiger partial charge in [-0.1, -0.05) is 0 Å². The molecule has 1 aromatic rings. The van der Waals surface area contributed by atoms with Gasteiger partial charge in [0.15, 0.2) is 5.79 Å². The van der Waals surface area contributed by atoms with Crippen LogP contribution in [0.15, 0.2) is 12.3 Å². The summed E-state index contributed by atoms with van der Waals surface area (Å²) in [6, 6.07) is 0.897. The standard InChI is InChI=1S/C13H16F3N3O2/c14-13(15,16)10-3-6-17-11(19-10)18-9-1-4-12(5-2-9)20-7-8-21-12/h3,6,9H,1-2,4-5,7-8H2,(H,17,18,19). The minimum absolute atomic E-state index is 0.0130. The number of hydrogen-bond acceptors (Lipinski definition) is 5. The largest absolute Gasteiger partial charge is 0.433 e. The Morgan fingerprint density at radius 1 is 1.19 bits per heavy atom. The molecule has 1 aliphatic heterocycles. The van der Waals surface area contributed by atoms with E-state index in [1.807, 2.05) is 0 Å². The normalized spacial score (nSPS) is 22.6. The molecule has 1 saturated heterocycles. The van der Waals surface area contributed by atoms with Gasteiger partial charge in [0.25, 0.3) is 0 Å². The lowest BCUT2D eigenvalue weighted by atomic mass is 9.90. The Labute approximate surface area is 119 Å². The van der Waals surface area contributed by atoms with Gasteiger partial charge in [-0.2, -0.15) is 13.2 Å². The van der Waals surface area contributed by atoms with Gasteiger partial charge in [-0.05, 0) is 18.9 Å². The zero-order chi connectivity index (χ0) is 14.9. The van der Waals surface area contributed by atoms with Crippen molar-refractivity contribution in [3.8, 4) is 0 Å². The van der Waals surface area contributed by atoms with E-state index in [0.717, 1.165) is 37.9 Å². The van der Waals surface area contributed by atoms with E-state index in [-0.39, 0.29) is 12.0 Å². The number of alkyl halides is 3. The van der Waals surface area contributed by atoms with Gasteiger partial charge >= 0.3 is 6.18 Å². The second-order valence-electron chi connectivity index (χ2n) is 5.29. The summed E-state index contributed by atoms with van der Waals surface area (Å²) in [5.41, 5.74) is -0.935. The molecule has 0 radical (unpaired) electrons. The van der Waals surface area contributed by atoms with Crippen LogP contribution in [0, 0.1) is 0 Å². The molecule has 1 saturated carbocycles. The van der Waals surface area contributed by atoms with Gasteiger partial charge in [0.2, 0.25) is 5.95 Å². The molecule has 5 nitrogen and oxygen atoms in total. The summed E-state index contributed by atoms with van der Waals surface area (Å²) >= 11 is 0. The highest BCUT2D eigenvalue weighted by molar-refractivity contribution is 5.27. The summed E-state index contributed by atoms with van der Waals surface area (Å²) < 4.78 is 49.0. The number of nitrogens with zero attached hydrogens (tertiary/aromatic N) is 2. The van der Waals surface area contributed by atoms with Gasteiger partial charge in [0.1, 0.15) is 5.69 Å². The first-order chi connectivity index (χ1) is 9.97. The van der Waals surface area contributed by atoms with Crippen LogP contribution in [0.25, 0.3) is 0 Å². The lowest BCUT2D eigenvalue weighted by molar-refractivity contribution is -0.177. The molecule has 2 aliphatic rings. The van der Waals surface area contributed by atoms with Gasteiger partial charge < -0.3 is 14.8 Å². The fourth-order valence-electron chi connectivity index (χ4n) is 2.76. The maximum absolute atomic E-state index is 12.6. The third kappa shape index (κ3) is 3.26. The minimum Gasteiger partial charge on any atom is -0.351 e. The Bertz CT molecular complexity index is 494. The number of anilines is 1. The molecule has 1 spiro atoms. The maximum atomic E-state index is 12.6. The average molecular weight is 303 g/mol. The molecule has 1 aromatic heterocycles. The van der Waals surface area contributed by atoms with Gasteiger partial charge in [-0.15, -0.1) is 0 Å². The first-order valence-corrected chi connectivity index (χ1v) is 6.92. The van der Waals surface area contributed by atoms with Crippen LogP contribution in [0.2, 0.25) is 0 Å². The smallest absolute Gasteiger partial charge is 0.351 e. The second kappa shape index (κ2) is 5.42. The van der Waals surface area contributed by atoms with Crippen LogP contribution in [0.5, 0.6) is 0 Å². The van der Waals surface area contributed by atoms with E-state index >= 15 is 0 Å². The third-order valence-corrected chi connectivity index (χ3v) is 3.84. The quantitative estimate of drug-likeness (QED) is 0.910. The summed E-state index contributed by atoms with van der Waals surface area (Å²) in [6.45, 7) is 1.21. The molecule has 0 amide bonds. The van der Waals surface area contributed by atoms with E-state index in [9.17, 15) is 13.2 Å². The highest BCUT2D eigenvalue weighted by Gasteiger charge is 2.40. The van der Waals surface area contributed by atoms with Crippen LogP contribution in [-0.2, 0) is 15.7 Å². The van der Waals surface area contributed by atoms with Gasteiger partial charge in [-0.3, -0.25) is 0 Å². The number of ether oxygens (including phenoxy) is 2. The predicted molar refractivity (Wildman–Crippen MR) is 67.5 cm³/mol. The molecular formula is C13H16F3N3O2. The topological polar surface area (TPSA) is 56.3 Å². The lowest BCUT2D eigenvalue weighted by Gasteiger charge is -2.35. The van der Waals surface area contributed by atoms with E-state index in [1.165, 1.54) is 0 Å². The number of rotatable bonds is 2. The molecule has 116 valence electrons.